The maximum atomic E-state index is 12.4. The van der Waals surface area contributed by atoms with Crippen LogP contribution in [0.1, 0.15) is 50.9 Å². The zero-order valence-electron chi connectivity index (χ0n) is 16.0. The van der Waals surface area contributed by atoms with Gasteiger partial charge in [-0.1, -0.05) is 49.8 Å². The highest BCUT2D eigenvalue weighted by molar-refractivity contribution is 6.07. The number of aromatic nitrogens is 1. The molecule has 2 N–H and O–H groups in total. The minimum Gasteiger partial charge on any atom is -0.360 e. The fraction of sp³-hybridized carbons (Fsp3) is 0.364. The maximum absolute atomic E-state index is 12.4. The van der Waals surface area contributed by atoms with Crippen LogP contribution in [0.4, 0.5) is 0 Å². The molecule has 1 atom stereocenters. The summed E-state index contributed by atoms with van der Waals surface area (Å²) in [5.41, 5.74) is 6.66. The Morgan fingerprint density at radius 1 is 1.35 bits per heavy atom. The normalized spacial score (nSPS) is 20.4. The Morgan fingerprint density at radius 3 is 2.88 bits per heavy atom. The molecule has 0 saturated heterocycles. The second-order valence-corrected chi connectivity index (χ2v) is 7.75. The molecule has 1 heterocycles. The van der Waals surface area contributed by atoms with Crippen molar-refractivity contribution >= 4 is 22.5 Å². The van der Waals surface area contributed by atoms with E-state index in [1.54, 1.807) is 6.20 Å². The molecule has 2 aromatic rings. The average Bonchev–Trinajstić information content (AvgIpc) is 3.03. The molecule has 3 rings (SSSR count). The SMILES string of the molecule is CC1=CCCC(C)(C)[C@H]1/C=C/C(C)=N\NC(=O)c1c[nH]c2ccccc12. The number of allylic oxidation sites excluding steroid dienone is 4. The number of carbonyl (C=O) groups excluding carboxylic acids is 1. The Labute approximate surface area is 155 Å². The number of fused-ring (bicyclic) bond motifs is 1. The van der Waals surface area contributed by atoms with Crippen LogP contribution in [0, 0.1) is 11.3 Å². The van der Waals surface area contributed by atoms with Gasteiger partial charge in [-0.2, -0.15) is 5.10 Å². The monoisotopic (exact) mass is 349 g/mol. The lowest BCUT2D eigenvalue weighted by molar-refractivity contribution is 0.0956. The van der Waals surface area contributed by atoms with Crippen LogP contribution in [0.25, 0.3) is 10.9 Å². The van der Waals surface area contributed by atoms with Gasteiger partial charge in [0, 0.05) is 23.0 Å². The third kappa shape index (κ3) is 3.79. The molecule has 0 spiro atoms. The molecule has 1 amide bonds. The fourth-order valence-electron chi connectivity index (χ4n) is 3.71. The number of amides is 1. The number of aromatic amines is 1. The van der Waals surface area contributed by atoms with Crippen LogP contribution >= 0.6 is 0 Å². The molecule has 1 aliphatic carbocycles. The first-order chi connectivity index (χ1) is 12.4. The first-order valence-electron chi connectivity index (χ1n) is 9.14. The predicted octanol–water partition coefficient (Wildman–Crippen LogP) is 5.21. The highest BCUT2D eigenvalue weighted by atomic mass is 16.2. The van der Waals surface area contributed by atoms with Gasteiger partial charge in [-0.25, -0.2) is 5.43 Å². The zero-order valence-corrected chi connectivity index (χ0v) is 16.0. The second-order valence-electron chi connectivity index (χ2n) is 7.75. The Hall–Kier alpha value is -2.62. The smallest absolute Gasteiger partial charge is 0.273 e. The van der Waals surface area contributed by atoms with Crippen molar-refractivity contribution in [3.05, 3.63) is 59.8 Å². The Morgan fingerprint density at radius 2 is 2.12 bits per heavy atom. The van der Waals surface area contributed by atoms with Crippen molar-refractivity contribution < 1.29 is 4.79 Å². The molecule has 1 aliphatic rings. The molecule has 1 aromatic carbocycles. The predicted molar refractivity (Wildman–Crippen MR) is 108 cm³/mol. The molecule has 0 unspecified atom stereocenters. The summed E-state index contributed by atoms with van der Waals surface area (Å²) in [6, 6.07) is 7.74. The van der Waals surface area contributed by atoms with E-state index in [1.807, 2.05) is 37.3 Å². The summed E-state index contributed by atoms with van der Waals surface area (Å²) in [6.07, 6.45) is 10.6. The molecule has 26 heavy (non-hydrogen) atoms. The summed E-state index contributed by atoms with van der Waals surface area (Å²) in [7, 11) is 0. The van der Waals surface area contributed by atoms with Crippen LogP contribution in [0.15, 0.2) is 59.4 Å². The van der Waals surface area contributed by atoms with E-state index in [-0.39, 0.29) is 11.3 Å². The van der Waals surface area contributed by atoms with E-state index >= 15 is 0 Å². The van der Waals surface area contributed by atoms with Gasteiger partial charge in [0.15, 0.2) is 0 Å². The highest BCUT2D eigenvalue weighted by Crippen LogP contribution is 2.41. The summed E-state index contributed by atoms with van der Waals surface area (Å²) >= 11 is 0. The van der Waals surface area contributed by atoms with Crippen LogP contribution in [0.3, 0.4) is 0 Å². The summed E-state index contributed by atoms with van der Waals surface area (Å²) < 4.78 is 0. The Balaban J connectivity index is 1.69. The van der Waals surface area contributed by atoms with Crippen LogP contribution < -0.4 is 5.43 Å². The minimum atomic E-state index is -0.204. The Kier molecular flexibility index (Phi) is 5.12. The average molecular weight is 349 g/mol. The summed E-state index contributed by atoms with van der Waals surface area (Å²) in [4.78, 5) is 15.5. The van der Waals surface area contributed by atoms with Crippen molar-refractivity contribution in [1.82, 2.24) is 10.4 Å². The number of hydrogen-bond donors (Lipinski definition) is 2. The van der Waals surface area contributed by atoms with E-state index in [4.69, 9.17) is 0 Å². The van der Waals surface area contributed by atoms with Crippen molar-refractivity contribution in [2.75, 3.05) is 0 Å². The molecule has 0 bridgehead atoms. The standard InChI is InChI=1S/C22H27N3O/c1-15-8-7-13-22(3,4)19(15)12-11-16(2)24-25-21(26)18-14-23-20-10-6-5-9-17(18)20/h5-6,8-12,14,19,23H,7,13H2,1-4H3,(H,25,26)/b12-11+,24-16-/t19-/m0/s1. The number of nitrogens with one attached hydrogen (secondary N) is 2. The van der Waals surface area contributed by atoms with Crippen molar-refractivity contribution in [2.45, 2.75) is 40.5 Å². The number of hydrazone groups is 1. The fourth-order valence-corrected chi connectivity index (χ4v) is 3.71. The van der Waals surface area contributed by atoms with Crippen LogP contribution in [0.5, 0.6) is 0 Å². The van der Waals surface area contributed by atoms with Gasteiger partial charge in [0.25, 0.3) is 5.91 Å². The molecule has 0 saturated carbocycles. The number of para-hydroxylation sites is 1. The highest BCUT2D eigenvalue weighted by Gasteiger charge is 2.30. The van der Waals surface area contributed by atoms with E-state index in [0.717, 1.165) is 23.0 Å². The van der Waals surface area contributed by atoms with Gasteiger partial charge in [0.1, 0.15) is 0 Å². The van der Waals surface area contributed by atoms with Crippen LogP contribution in [-0.2, 0) is 0 Å². The maximum Gasteiger partial charge on any atom is 0.273 e. The molecule has 0 aliphatic heterocycles. The number of carbonyl (C=O) groups is 1. The quantitative estimate of drug-likeness (QED) is 0.444. The number of nitrogens with zero attached hydrogens (tertiary/aromatic N) is 1. The van der Waals surface area contributed by atoms with Crippen molar-refractivity contribution in [2.24, 2.45) is 16.4 Å². The molecular weight excluding hydrogens is 322 g/mol. The molecule has 1 aromatic heterocycles. The zero-order chi connectivity index (χ0) is 18.7. The van der Waals surface area contributed by atoms with E-state index in [2.05, 4.69) is 48.4 Å². The number of benzene rings is 1. The molecule has 4 heteroatoms. The van der Waals surface area contributed by atoms with E-state index in [0.29, 0.717) is 11.5 Å². The van der Waals surface area contributed by atoms with E-state index < -0.39 is 0 Å². The number of H-pyrrole nitrogens is 1. The van der Waals surface area contributed by atoms with Crippen LogP contribution in [0.2, 0.25) is 0 Å². The third-order valence-electron chi connectivity index (χ3n) is 5.29. The van der Waals surface area contributed by atoms with Crippen molar-refractivity contribution in [1.29, 1.82) is 0 Å². The first kappa shape index (κ1) is 18.2. The molecule has 0 radical (unpaired) electrons. The molecular formula is C22H27N3O. The van der Waals surface area contributed by atoms with Crippen molar-refractivity contribution in [3.8, 4) is 0 Å². The van der Waals surface area contributed by atoms with Crippen molar-refractivity contribution in [3.63, 3.8) is 0 Å². The lowest BCUT2D eigenvalue weighted by Crippen LogP contribution is -2.26. The molecule has 0 fully saturated rings. The van der Waals surface area contributed by atoms with Gasteiger partial charge in [0.2, 0.25) is 0 Å². The number of rotatable bonds is 4. The summed E-state index contributed by atoms with van der Waals surface area (Å²) in [5, 5.41) is 5.14. The second kappa shape index (κ2) is 7.32. The topological polar surface area (TPSA) is 57.2 Å². The van der Waals surface area contributed by atoms with E-state index in [9.17, 15) is 4.79 Å². The minimum absolute atomic E-state index is 0.204. The largest absolute Gasteiger partial charge is 0.360 e. The van der Waals surface area contributed by atoms with E-state index in [1.165, 1.54) is 12.0 Å². The summed E-state index contributed by atoms with van der Waals surface area (Å²) in [5.74, 6) is 0.204. The van der Waals surface area contributed by atoms with Gasteiger partial charge in [-0.05, 0) is 44.2 Å². The molecule has 136 valence electrons. The number of hydrogen-bond acceptors (Lipinski definition) is 2. The molecule has 4 nitrogen and oxygen atoms in total. The van der Waals surface area contributed by atoms with Gasteiger partial charge in [-0.15, -0.1) is 0 Å². The van der Waals surface area contributed by atoms with Gasteiger partial charge in [0.05, 0.1) is 11.3 Å². The van der Waals surface area contributed by atoms with Gasteiger partial charge < -0.3 is 4.98 Å². The lowest BCUT2D eigenvalue weighted by Gasteiger charge is -2.36. The van der Waals surface area contributed by atoms with Gasteiger partial charge in [-0.3, -0.25) is 4.79 Å². The lowest BCUT2D eigenvalue weighted by atomic mass is 9.68. The summed E-state index contributed by atoms with van der Waals surface area (Å²) in [6.45, 7) is 8.72. The van der Waals surface area contributed by atoms with Crippen LogP contribution in [-0.4, -0.2) is 16.6 Å². The first-order valence-corrected chi connectivity index (χ1v) is 9.14. The third-order valence-corrected chi connectivity index (χ3v) is 5.29. The Bertz CT molecular complexity index is 899. The van der Waals surface area contributed by atoms with Gasteiger partial charge >= 0.3 is 0 Å².